The first-order valence-electron chi connectivity index (χ1n) is 5.19. The van der Waals surface area contributed by atoms with Crippen molar-refractivity contribution in [3.8, 4) is 0 Å². The lowest BCUT2D eigenvalue weighted by Gasteiger charge is -2.20. The van der Waals surface area contributed by atoms with E-state index < -0.39 is 5.97 Å². The Morgan fingerprint density at radius 3 is 1.94 bits per heavy atom. The van der Waals surface area contributed by atoms with Crippen LogP contribution in [0.4, 0.5) is 0 Å². The average Bonchev–Trinajstić information content (AvgIpc) is 2.16. The molecule has 0 heterocycles. The number of carbonyl (C=O) groups is 2. The molecular weight excluding hydrogens is 206 g/mol. The fourth-order valence-corrected chi connectivity index (χ4v) is 1.27. The highest BCUT2D eigenvalue weighted by Gasteiger charge is 2.21. The lowest BCUT2D eigenvalue weighted by atomic mass is 9.85. The van der Waals surface area contributed by atoms with Crippen LogP contribution in [0.2, 0.25) is 0 Å². The van der Waals surface area contributed by atoms with Crippen LogP contribution in [0.15, 0.2) is 30.3 Å². The quantitative estimate of drug-likeness (QED) is 0.796. The minimum Gasteiger partial charge on any atom is -0.478 e. The summed E-state index contributed by atoms with van der Waals surface area (Å²) in [4.78, 5) is 20.4. The molecule has 1 saturated carbocycles. The summed E-state index contributed by atoms with van der Waals surface area (Å²) in [6.07, 6.45) is 3.23. The number of benzene rings is 1. The zero-order valence-corrected chi connectivity index (χ0v) is 8.93. The van der Waals surface area contributed by atoms with Gasteiger partial charge >= 0.3 is 5.97 Å². The van der Waals surface area contributed by atoms with Gasteiger partial charge in [0.15, 0.2) is 0 Å². The fraction of sp³-hybridized carbons (Fsp3) is 0.333. The lowest BCUT2D eigenvalue weighted by Crippen LogP contribution is -2.28. The Labute approximate surface area is 94.1 Å². The van der Waals surface area contributed by atoms with E-state index >= 15 is 0 Å². The maximum atomic E-state index is 10.2. The average molecular weight is 221 g/mol. The van der Waals surface area contributed by atoms with Gasteiger partial charge in [-0.15, -0.1) is 0 Å². The van der Waals surface area contributed by atoms with E-state index in [0.717, 1.165) is 12.8 Å². The number of amides is 1. The molecule has 86 valence electrons. The summed E-state index contributed by atoms with van der Waals surface area (Å²) in [6.45, 7) is 0. The van der Waals surface area contributed by atoms with Gasteiger partial charge in [-0.3, -0.25) is 4.79 Å². The van der Waals surface area contributed by atoms with Gasteiger partial charge in [-0.1, -0.05) is 24.6 Å². The molecule has 4 nitrogen and oxygen atoms in total. The van der Waals surface area contributed by atoms with Crippen LogP contribution in [-0.4, -0.2) is 17.0 Å². The van der Waals surface area contributed by atoms with E-state index in [1.807, 2.05) is 0 Å². The predicted molar refractivity (Wildman–Crippen MR) is 59.9 cm³/mol. The molecule has 0 spiro atoms. The smallest absolute Gasteiger partial charge is 0.335 e. The Morgan fingerprint density at radius 2 is 1.75 bits per heavy atom. The van der Waals surface area contributed by atoms with E-state index in [4.69, 9.17) is 10.8 Å². The van der Waals surface area contributed by atoms with Crippen molar-refractivity contribution in [2.24, 2.45) is 11.7 Å². The first kappa shape index (κ1) is 12.2. The van der Waals surface area contributed by atoms with Crippen LogP contribution in [0.5, 0.6) is 0 Å². The minimum atomic E-state index is -0.879. The number of carboxylic acids is 1. The largest absolute Gasteiger partial charge is 0.478 e. The highest BCUT2D eigenvalue weighted by molar-refractivity contribution is 5.87. The van der Waals surface area contributed by atoms with Gasteiger partial charge in [-0.05, 0) is 25.0 Å². The summed E-state index contributed by atoms with van der Waals surface area (Å²) in [7, 11) is 0. The van der Waals surface area contributed by atoms with Crippen LogP contribution in [0, 0.1) is 5.92 Å². The highest BCUT2D eigenvalue weighted by atomic mass is 16.4. The molecule has 0 aromatic heterocycles. The fourth-order valence-electron chi connectivity index (χ4n) is 1.27. The Balaban J connectivity index is 0.000000165. The zero-order chi connectivity index (χ0) is 12.0. The summed E-state index contributed by atoms with van der Waals surface area (Å²) in [6, 6.07) is 8.30. The topological polar surface area (TPSA) is 80.4 Å². The lowest BCUT2D eigenvalue weighted by molar-refractivity contribution is -0.124. The molecule has 1 amide bonds. The van der Waals surface area contributed by atoms with Crippen molar-refractivity contribution in [2.75, 3.05) is 0 Å². The summed E-state index contributed by atoms with van der Waals surface area (Å²) in [5.41, 5.74) is 5.29. The minimum absolute atomic E-state index is 0.119. The summed E-state index contributed by atoms with van der Waals surface area (Å²) < 4.78 is 0. The molecular formula is C12H15NO3. The predicted octanol–water partition coefficient (Wildman–Crippen LogP) is 1.66. The van der Waals surface area contributed by atoms with E-state index in [9.17, 15) is 9.59 Å². The van der Waals surface area contributed by atoms with Crippen LogP contribution >= 0.6 is 0 Å². The molecule has 0 atom stereocenters. The van der Waals surface area contributed by atoms with Crippen LogP contribution in [0.25, 0.3) is 0 Å². The second kappa shape index (κ2) is 5.90. The molecule has 1 aliphatic rings. The molecule has 0 saturated heterocycles. The first-order chi connectivity index (χ1) is 7.61. The molecule has 3 N–H and O–H groups in total. The van der Waals surface area contributed by atoms with Crippen LogP contribution in [-0.2, 0) is 4.79 Å². The number of carboxylic acid groups (broad SMARTS) is 1. The van der Waals surface area contributed by atoms with Gasteiger partial charge in [0.1, 0.15) is 0 Å². The summed E-state index contributed by atoms with van der Waals surface area (Å²) >= 11 is 0. The highest BCUT2D eigenvalue weighted by Crippen LogP contribution is 2.25. The van der Waals surface area contributed by atoms with Gasteiger partial charge in [-0.25, -0.2) is 4.79 Å². The van der Waals surface area contributed by atoms with E-state index in [2.05, 4.69) is 0 Å². The number of rotatable bonds is 2. The monoisotopic (exact) mass is 221 g/mol. The van der Waals surface area contributed by atoms with Crippen molar-refractivity contribution in [2.45, 2.75) is 19.3 Å². The molecule has 1 fully saturated rings. The van der Waals surface area contributed by atoms with Crippen LogP contribution in [0.3, 0.4) is 0 Å². The molecule has 0 aliphatic heterocycles. The number of hydrogen-bond acceptors (Lipinski definition) is 2. The van der Waals surface area contributed by atoms with Gasteiger partial charge < -0.3 is 10.8 Å². The van der Waals surface area contributed by atoms with E-state index in [0.29, 0.717) is 5.56 Å². The molecule has 2 rings (SSSR count). The van der Waals surface area contributed by atoms with Crippen molar-refractivity contribution >= 4 is 11.9 Å². The Bertz CT molecular complexity index is 358. The third-order valence-corrected chi connectivity index (χ3v) is 2.53. The molecule has 0 radical (unpaired) electrons. The van der Waals surface area contributed by atoms with Crippen molar-refractivity contribution in [3.05, 3.63) is 35.9 Å². The Morgan fingerprint density at radius 1 is 1.19 bits per heavy atom. The molecule has 1 aromatic rings. The second-order valence-electron chi connectivity index (χ2n) is 3.70. The first-order valence-corrected chi connectivity index (χ1v) is 5.19. The third kappa shape index (κ3) is 3.73. The summed E-state index contributed by atoms with van der Waals surface area (Å²) in [5.74, 6) is -0.776. The van der Waals surface area contributed by atoms with Crippen molar-refractivity contribution in [3.63, 3.8) is 0 Å². The summed E-state index contributed by atoms with van der Waals surface area (Å²) in [5, 5.41) is 8.38. The normalized spacial score (nSPS) is 14.2. The maximum Gasteiger partial charge on any atom is 0.335 e. The molecule has 1 aromatic carbocycles. The molecule has 4 heteroatoms. The Hall–Kier alpha value is -1.84. The van der Waals surface area contributed by atoms with Gasteiger partial charge in [0.05, 0.1) is 5.56 Å². The second-order valence-corrected chi connectivity index (χ2v) is 3.70. The number of hydrogen-bond donors (Lipinski definition) is 2. The van der Waals surface area contributed by atoms with E-state index in [1.54, 1.807) is 30.3 Å². The van der Waals surface area contributed by atoms with Crippen LogP contribution in [0.1, 0.15) is 29.6 Å². The number of carbonyl (C=O) groups excluding carboxylic acids is 1. The van der Waals surface area contributed by atoms with Gasteiger partial charge in [0, 0.05) is 5.92 Å². The zero-order valence-electron chi connectivity index (χ0n) is 8.93. The molecule has 0 unspecified atom stereocenters. The number of aromatic carboxylic acids is 1. The van der Waals surface area contributed by atoms with E-state index in [1.165, 1.54) is 6.42 Å². The van der Waals surface area contributed by atoms with Gasteiger partial charge in [-0.2, -0.15) is 0 Å². The van der Waals surface area contributed by atoms with Gasteiger partial charge in [0.2, 0.25) is 5.91 Å². The maximum absolute atomic E-state index is 10.2. The van der Waals surface area contributed by atoms with Crippen molar-refractivity contribution in [1.82, 2.24) is 0 Å². The SMILES string of the molecule is NC(=O)C1CCC1.O=C(O)c1ccccc1. The molecule has 0 bridgehead atoms. The molecule has 16 heavy (non-hydrogen) atoms. The third-order valence-electron chi connectivity index (χ3n) is 2.53. The number of nitrogens with two attached hydrogens (primary N) is 1. The van der Waals surface area contributed by atoms with Crippen molar-refractivity contribution in [1.29, 1.82) is 0 Å². The molecule has 1 aliphatic carbocycles. The van der Waals surface area contributed by atoms with Gasteiger partial charge in [0.25, 0.3) is 0 Å². The van der Waals surface area contributed by atoms with Crippen molar-refractivity contribution < 1.29 is 14.7 Å². The van der Waals surface area contributed by atoms with E-state index in [-0.39, 0.29) is 11.8 Å². The number of primary amides is 1. The Kier molecular flexibility index (Phi) is 4.51. The van der Waals surface area contributed by atoms with Crippen LogP contribution < -0.4 is 5.73 Å². The standard InChI is InChI=1S/C7H6O2.C5H9NO/c8-7(9)6-4-2-1-3-5-6;6-5(7)4-2-1-3-4/h1-5H,(H,8,9);4H,1-3H2,(H2,6,7).